The van der Waals surface area contributed by atoms with Crippen molar-refractivity contribution in [1.82, 2.24) is 4.57 Å². The Morgan fingerprint density at radius 3 is 2.60 bits per heavy atom. The predicted octanol–water partition coefficient (Wildman–Crippen LogP) is -0.354. The maximum Gasteiger partial charge on any atom is -1.00 e. The molecule has 2 aliphatic rings. The van der Waals surface area contributed by atoms with Gasteiger partial charge in [0.1, 0.15) is 0 Å². The summed E-state index contributed by atoms with van der Waals surface area (Å²) in [6, 6.07) is 13.2. The summed E-state index contributed by atoms with van der Waals surface area (Å²) in [6.45, 7) is 2.28. The van der Waals surface area contributed by atoms with Crippen LogP contribution in [0.25, 0.3) is 11.8 Å². The van der Waals surface area contributed by atoms with Crippen LogP contribution < -0.4 is 24.8 Å². The number of fused-ring (bicyclic) bond motifs is 1. The predicted molar refractivity (Wildman–Crippen MR) is 93.5 cm³/mol. The SMILES string of the molecule is CCCC1=[C]([Ti+2][CH]2C(n3cccc3)=Cc3ccccc32)CC=C1.[Cl-].[Cl-]. The molecule has 0 spiro atoms. The molecule has 0 bridgehead atoms. The van der Waals surface area contributed by atoms with Gasteiger partial charge in [0, 0.05) is 0 Å². The Bertz CT molecular complexity index is 803. The second kappa shape index (κ2) is 9.10. The molecule has 0 amide bonds. The van der Waals surface area contributed by atoms with Gasteiger partial charge >= 0.3 is 147 Å². The average molecular weight is 406 g/mol. The molecule has 1 nitrogen and oxygen atoms in total. The van der Waals surface area contributed by atoms with Crippen LogP contribution >= 0.6 is 0 Å². The van der Waals surface area contributed by atoms with Gasteiger partial charge < -0.3 is 24.8 Å². The number of rotatable bonds is 5. The Balaban J connectivity index is 0.00000113. The minimum absolute atomic E-state index is 0. The van der Waals surface area contributed by atoms with E-state index >= 15 is 0 Å². The normalized spacial score (nSPS) is 17.5. The van der Waals surface area contributed by atoms with Gasteiger partial charge in [0.05, 0.1) is 0 Å². The van der Waals surface area contributed by atoms with E-state index in [0.29, 0.717) is 4.22 Å². The summed E-state index contributed by atoms with van der Waals surface area (Å²) in [5, 5.41) is 0. The minimum atomic E-state index is -0.204. The van der Waals surface area contributed by atoms with Gasteiger partial charge in [-0.25, -0.2) is 0 Å². The standard InChI is InChI=1S/C13H10N.C8H11.2ClH.Ti/c1-2-6-12-10-13(9-11(12)5-1)14-7-3-4-8-14;1-2-5-8-6-3-4-7-8;;;/h1-10H;3,6H,2,4-5H2,1H3;2*1H;/q;;;;+2/p-2. The van der Waals surface area contributed by atoms with Gasteiger partial charge in [-0.05, 0) is 0 Å². The van der Waals surface area contributed by atoms with Gasteiger partial charge in [-0.1, -0.05) is 0 Å². The first-order valence-corrected chi connectivity index (χ1v) is 10.1. The summed E-state index contributed by atoms with van der Waals surface area (Å²) >= 11 is -0.204. The van der Waals surface area contributed by atoms with Crippen molar-refractivity contribution in [3.8, 4) is 0 Å². The summed E-state index contributed by atoms with van der Waals surface area (Å²) in [4.78, 5) is 0. The molecule has 128 valence electrons. The van der Waals surface area contributed by atoms with Crippen LogP contribution in [0.1, 0.15) is 41.5 Å². The third kappa shape index (κ3) is 4.06. The molecule has 0 fully saturated rings. The summed E-state index contributed by atoms with van der Waals surface area (Å²) < 4.78 is 4.67. The Morgan fingerprint density at radius 1 is 1.08 bits per heavy atom. The van der Waals surface area contributed by atoms with Crippen LogP contribution in [0.15, 0.2) is 70.4 Å². The minimum Gasteiger partial charge on any atom is -1.00 e. The van der Waals surface area contributed by atoms with E-state index in [9.17, 15) is 0 Å². The fraction of sp³-hybridized carbons (Fsp3) is 0.238. The Labute approximate surface area is 171 Å². The van der Waals surface area contributed by atoms with E-state index in [-0.39, 0.29) is 44.0 Å². The molecule has 1 heterocycles. The summed E-state index contributed by atoms with van der Waals surface area (Å²) in [5.74, 6) is 0. The Hall–Kier alpha value is -0.986. The van der Waals surface area contributed by atoms with Crippen LogP contribution in [0.3, 0.4) is 0 Å². The first-order valence-electron chi connectivity index (χ1n) is 8.46. The van der Waals surface area contributed by atoms with Crippen molar-refractivity contribution >= 4 is 11.8 Å². The summed E-state index contributed by atoms with van der Waals surface area (Å²) in [5.41, 5.74) is 6.04. The van der Waals surface area contributed by atoms with Crippen molar-refractivity contribution in [3.05, 3.63) is 81.5 Å². The molecule has 1 unspecified atom stereocenters. The van der Waals surface area contributed by atoms with Crippen LogP contribution in [0, 0.1) is 0 Å². The fourth-order valence-electron chi connectivity index (χ4n) is 3.57. The maximum atomic E-state index is 2.39. The number of allylic oxidation sites excluding steroid dienone is 5. The molecule has 2 aliphatic carbocycles. The number of aromatic nitrogens is 1. The van der Waals surface area contributed by atoms with Crippen molar-refractivity contribution in [1.29, 1.82) is 0 Å². The maximum absolute atomic E-state index is 2.39. The monoisotopic (exact) mass is 405 g/mol. The topological polar surface area (TPSA) is 4.93 Å². The van der Waals surface area contributed by atoms with Gasteiger partial charge in [0.25, 0.3) is 0 Å². The van der Waals surface area contributed by atoms with E-state index in [2.05, 4.69) is 78.5 Å². The molecular formula is C21H21Cl2NTi. The molecule has 1 aromatic heterocycles. The van der Waals surface area contributed by atoms with Crippen LogP contribution in [0.5, 0.6) is 0 Å². The number of hydrogen-bond acceptors (Lipinski definition) is 0. The molecule has 4 rings (SSSR count). The summed E-state index contributed by atoms with van der Waals surface area (Å²) in [7, 11) is 0. The van der Waals surface area contributed by atoms with Crippen molar-refractivity contribution in [2.75, 3.05) is 0 Å². The first kappa shape index (κ1) is 20.3. The zero-order valence-corrected chi connectivity index (χ0v) is 17.3. The molecule has 0 saturated heterocycles. The molecule has 0 aliphatic heterocycles. The second-order valence-electron chi connectivity index (χ2n) is 6.23. The van der Waals surface area contributed by atoms with E-state index < -0.39 is 0 Å². The molecule has 25 heavy (non-hydrogen) atoms. The van der Waals surface area contributed by atoms with Gasteiger partial charge in [-0.15, -0.1) is 0 Å². The number of benzene rings is 1. The smallest absolute Gasteiger partial charge is 1.00 e. The van der Waals surface area contributed by atoms with E-state index in [0.717, 1.165) is 0 Å². The average Bonchev–Trinajstić information content (AvgIpc) is 3.29. The Morgan fingerprint density at radius 2 is 1.84 bits per heavy atom. The molecule has 1 aromatic carbocycles. The van der Waals surface area contributed by atoms with Crippen LogP contribution in [0.4, 0.5) is 0 Å². The van der Waals surface area contributed by atoms with Crippen molar-refractivity contribution in [3.63, 3.8) is 0 Å². The fourth-order valence-corrected chi connectivity index (χ4v) is 6.34. The van der Waals surface area contributed by atoms with E-state index in [1.54, 1.807) is 9.45 Å². The largest absolute Gasteiger partial charge is 1.00 e. The van der Waals surface area contributed by atoms with Crippen molar-refractivity contribution in [2.45, 2.75) is 30.4 Å². The molecule has 4 heteroatoms. The molecule has 1 atom stereocenters. The third-order valence-corrected chi connectivity index (χ3v) is 7.44. The molecule has 0 N–H and O–H groups in total. The van der Waals surface area contributed by atoms with Gasteiger partial charge in [-0.3, -0.25) is 0 Å². The summed E-state index contributed by atoms with van der Waals surface area (Å²) in [6.07, 6.45) is 15.2. The third-order valence-electron chi connectivity index (χ3n) is 4.68. The Kier molecular flexibility index (Phi) is 7.40. The van der Waals surface area contributed by atoms with E-state index in [1.165, 1.54) is 36.1 Å². The van der Waals surface area contributed by atoms with Crippen molar-refractivity contribution < 1.29 is 44.0 Å². The quantitative estimate of drug-likeness (QED) is 0.599. The van der Waals surface area contributed by atoms with E-state index in [4.69, 9.17) is 0 Å². The van der Waals surface area contributed by atoms with Gasteiger partial charge in [0.15, 0.2) is 0 Å². The van der Waals surface area contributed by atoms with Crippen LogP contribution in [-0.4, -0.2) is 4.57 Å². The van der Waals surface area contributed by atoms with Crippen LogP contribution in [-0.2, 0) is 19.2 Å². The number of halogens is 2. The molecular weight excluding hydrogens is 385 g/mol. The number of nitrogens with zero attached hydrogens (tertiary/aromatic N) is 1. The molecule has 0 saturated carbocycles. The van der Waals surface area contributed by atoms with Crippen molar-refractivity contribution in [2.24, 2.45) is 0 Å². The van der Waals surface area contributed by atoms with Crippen LogP contribution in [0.2, 0.25) is 0 Å². The molecule has 0 radical (unpaired) electrons. The zero-order valence-electron chi connectivity index (χ0n) is 14.3. The van der Waals surface area contributed by atoms with E-state index in [1.807, 2.05) is 0 Å². The second-order valence-corrected chi connectivity index (χ2v) is 8.52. The molecule has 2 aromatic rings. The number of hydrogen-bond donors (Lipinski definition) is 0. The zero-order chi connectivity index (χ0) is 15.6. The first-order chi connectivity index (χ1) is 11.4. The van der Waals surface area contributed by atoms with Gasteiger partial charge in [0.2, 0.25) is 0 Å². The van der Waals surface area contributed by atoms with Gasteiger partial charge in [-0.2, -0.15) is 0 Å².